The van der Waals surface area contributed by atoms with E-state index in [-0.39, 0.29) is 4.90 Å². The van der Waals surface area contributed by atoms with Crippen molar-refractivity contribution >= 4 is 21.8 Å². The lowest BCUT2D eigenvalue weighted by Crippen LogP contribution is -2.33. The van der Waals surface area contributed by atoms with Crippen molar-refractivity contribution in [1.82, 2.24) is 4.31 Å². The maximum atomic E-state index is 12.6. The molecule has 6 heteroatoms. The van der Waals surface area contributed by atoms with E-state index >= 15 is 0 Å². The third kappa shape index (κ3) is 3.55. The molecule has 1 aliphatic rings. The van der Waals surface area contributed by atoms with Crippen LogP contribution in [-0.2, 0) is 10.0 Å². The minimum absolute atomic E-state index is 0.286. The van der Waals surface area contributed by atoms with E-state index in [1.165, 1.54) is 0 Å². The first-order valence-corrected chi connectivity index (χ1v) is 9.51. The Balaban J connectivity index is 2.28. The van der Waals surface area contributed by atoms with Crippen LogP contribution < -0.4 is 0 Å². The summed E-state index contributed by atoms with van der Waals surface area (Å²) in [6.45, 7) is 3.02. The van der Waals surface area contributed by atoms with Crippen molar-refractivity contribution in [2.24, 2.45) is 0 Å². The SMILES string of the molecule is CCC(O)c1cccc(S(=O)(=O)N2CCCSCC2)c1. The van der Waals surface area contributed by atoms with Crippen molar-refractivity contribution in [2.45, 2.75) is 30.8 Å². The molecule has 1 aliphatic heterocycles. The molecule has 1 heterocycles. The van der Waals surface area contributed by atoms with Crippen LogP contribution in [0.4, 0.5) is 0 Å². The molecule has 0 saturated carbocycles. The topological polar surface area (TPSA) is 57.6 Å². The van der Waals surface area contributed by atoms with E-state index in [0.29, 0.717) is 25.1 Å². The van der Waals surface area contributed by atoms with Gasteiger partial charge in [0.1, 0.15) is 0 Å². The first-order chi connectivity index (χ1) is 9.55. The molecule has 0 aliphatic carbocycles. The minimum atomic E-state index is -3.44. The largest absolute Gasteiger partial charge is 0.388 e. The lowest BCUT2D eigenvalue weighted by atomic mass is 10.1. The highest BCUT2D eigenvalue weighted by Gasteiger charge is 2.25. The third-order valence-electron chi connectivity index (χ3n) is 3.45. The number of hydrogen-bond acceptors (Lipinski definition) is 4. The van der Waals surface area contributed by atoms with Gasteiger partial charge in [0.2, 0.25) is 10.0 Å². The number of benzene rings is 1. The van der Waals surface area contributed by atoms with Gasteiger partial charge in [-0.05, 0) is 36.3 Å². The molecule has 112 valence electrons. The first-order valence-electron chi connectivity index (χ1n) is 6.91. The Morgan fingerprint density at radius 1 is 1.35 bits per heavy atom. The molecular formula is C14H21NO3S2. The number of nitrogens with zero attached hydrogens (tertiary/aromatic N) is 1. The van der Waals surface area contributed by atoms with Crippen LogP contribution in [0.3, 0.4) is 0 Å². The maximum Gasteiger partial charge on any atom is 0.243 e. The Hall–Kier alpha value is -0.560. The fourth-order valence-electron chi connectivity index (χ4n) is 2.23. The summed E-state index contributed by atoms with van der Waals surface area (Å²) in [5.74, 6) is 1.86. The summed E-state index contributed by atoms with van der Waals surface area (Å²) in [7, 11) is -3.44. The monoisotopic (exact) mass is 315 g/mol. The predicted octanol–water partition coefficient (Wildman–Crippen LogP) is 2.26. The Labute approximate surface area is 125 Å². The van der Waals surface area contributed by atoms with Crippen LogP contribution >= 0.6 is 11.8 Å². The molecule has 2 rings (SSSR count). The fraction of sp³-hybridized carbons (Fsp3) is 0.571. The number of sulfonamides is 1. The van der Waals surface area contributed by atoms with Gasteiger partial charge in [0.25, 0.3) is 0 Å². The van der Waals surface area contributed by atoms with E-state index in [2.05, 4.69) is 0 Å². The molecule has 1 atom stereocenters. The normalized spacial score (nSPS) is 19.5. The number of rotatable bonds is 4. The summed E-state index contributed by atoms with van der Waals surface area (Å²) in [5.41, 5.74) is 0.665. The molecule has 1 saturated heterocycles. The van der Waals surface area contributed by atoms with Crippen molar-refractivity contribution in [2.75, 3.05) is 24.6 Å². The number of aliphatic hydroxyl groups excluding tert-OH is 1. The van der Waals surface area contributed by atoms with Gasteiger partial charge in [0.05, 0.1) is 11.0 Å². The lowest BCUT2D eigenvalue weighted by Gasteiger charge is -2.20. The minimum Gasteiger partial charge on any atom is -0.388 e. The number of hydrogen-bond donors (Lipinski definition) is 1. The Kier molecular flexibility index (Phi) is 5.49. The van der Waals surface area contributed by atoms with Crippen molar-refractivity contribution in [3.05, 3.63) is 29.8 Å². The molecule has 1 N–H and O–H groups in total. The molecule has 1 aromatic carbocycles. The second-order valence-corrected chi connectivity index (χ2v) is 8.03. The van der Waals surface area contributed by atoms with Gasteiger partial charge < -0.3 is 5.11 Å². The highest BCUT2D eigenvalue weighted by atomic mass is 32.2. The van der Waals surface area contributed by atoms with Gasteiger partial charge in [0.15, 0.2) is 0 Å². The van der Waals surface area contributed by atoms with E-state index in [9.17, 15) is 13.5 Å². The molecule has 1 aromatic rings. The molecule has 1 fully saturated rings. The number of thioether (sulfide) groups is 1. The quantitative estimate of drug-likeness (QED) is 0.926. The van der Waals surface area contributed by atoms with Crippen molar-refractivity contribution < 1.29 is 13.5 Å². The van der Waals surface area contributed by atoms with Crippen LogP contribution in [0.15, 0.2) is 29.2 Å². The van der Waals surface area contributed by atoms with Gasteiger partial charge >= 0.3 is 0 Å². The summed E-state index contributed by atoms with van der Waals surface area (Å²) in [6.07, 6.45) is 0.857. The average molecular weight is 315 g/mol. The number of aliphatic hydroxyl groups is 1. The summed E-state index contributed by atoms with van der Waals surface area (Å²) in [5, 5.41) is 9.86. The molecule has 20 heavy (non-hydrogen) atoms. The first kappa shape index (κ1) is 15.8. The summed E-state index contributed by atoms with van der Waals surface area (Å²) >= 11 is 1.80. The van der Waals surface area contributed by atoms with Crippen LogP contribution in [-0.4, -0.2) is 42.4 Å². The molecular weight excluding hydrogens is 294 g/mol. The van der Waals surface area contributed by atoms with Gasteiger partial charge in [-0.3, -0.25) is 0 Å². The van der Waals surface area contributed by atoms with E-state index in [0.717, 1.165) is 17.9 Å². The molecule has 1 unspecified atom stereocenters. The second kappa shape index (κ2) is 6.93. The standard InChI is InChI=1S/C14H21NO3S2/c1-2-14(16)12-5-3-6-13(11-12)20(17,18)15-7-4-9-19-10-8-15/h3,5-6,11,14,16H,2,4,7-10H2,1H3. The van der Waals surface area contributed by atoms with E-state index in [1.807, 2.05) is 6.92 Å². The van der Waals surface area contributed by atoms with E-state index in [1.54, 1.807) is 40.3 Å². The third-order valence-corrected chi connectivity index (χ3v) is 6.39. The molecule has 0 amide bonds. The predicted molar refractivity (Wildman–Crippen MR) is 82.4 cm³/mol. The summed E-state index contributed by atoms with van der Waals surface area (Å²) < 4.78 is 26.8. The molecule has 0 radical (unpaired) electrons. The van der Waals surface area contributed by atoms with Crippen LogP contribution in [0.2, 0.25) is 0 Å². The Bertz CT molecular complexity index is 537. The van der Waals surface area contributed by atoms with Crippen LogP contribution in [0.1, 0.15) is 31.4 Å². The zero-order chi connectivity index (χ0) is 14.6. The maximum absolute atomic E-state index is 12.6. The van der Waals surface area contributed by atoms with Gasteiger partial charge in [-0.25, -0.2) is 8.42 Å². The van der Waals surface area contributed by atoms with Crippen molar-refractivity contribution in [3.8, 4) is 0 Å². The molecule has 0 spiro atoms. The zero-order valence-electron chi connectivity index (χ0n) is 11.7. The Morgan fingerprint density at radius 2 is 2.15 bits per heavy atom. The fourth-order valence-corrected chi connectivity index (χ4v) is 4.77. The second-order valence-electron chi connectivity index (χ2n) is 4.87. The Morgan fingerprint density at radius 3 is 2.90 bits per heavy atom. The molecule has 0 aromatic heterocycles. The van der Waals surface area contributed by atoms with Gasteiger partial charge in [-0.15, -0.1) is 0 Å². The van der Waals surface area contributed by atoms with E-state index < -0.39 is 16.1 Å². The molecule has 0 bridgehead atoms. The molecule has 4 nitrogen and oxygen atoms in total. The van der Waals surface area contributed by atoms with Crippen molar-refractivity contribution in [3.63, 3.8) is 0 Å². The van der Waals surface area contributed by atoms with E-state index in [4.69, 9.17) is 0 Å². The van der Waals surface area contributed by atoms with Crippen molar-refractivity contribution in [1.29, 1.82) is 0 Å². The van der Waals surface area contributed by atoms with Gasteiger partial charge in [-0.1, -0.05) is 19.1 Å². The average Bonchev–Trinajstić information content (AvgIpc) is 2.76. The van der Waals surface area contributed by atoms with Crippen LogP contribution in [0, 0.1) is 0 Å². The van der Waals surface area contributed by atoms with Gasteiger partial charge in [-0.2, -0.15) is 16.1 Å². The lowest BCUT2D eigenvalue weighted by molar-refractivity contribution is 0.173. The zero-order valence-corrected chi connectivity index (χ0v) is 13.3. The highest BCUT2D eigenvalue weighted by Crippen LogP contribution is 2.24. The van der Waals surface area contributed by atoms with Crippen LogP contribution in [0.25, 0.3) is 0 Å². The summed E-state index contributed by atoms with van der Waals surface area (Å²) in [6, 6.07) is 6.68. The smallest absolute Gasteiger partial charge is 0.243 e. The highest BCUT2D eigenvalue weighted by molar-refractivity contribution is 7.99. The summed E-state index contributed by atoms with van der Waals surface area (Å²) in [4.78, 5) is 0.286. The van der Waals surface area contributed by atoms with Crippen LogP contribution in [0.5, 0.6) is 0 Å². The van der Waals surface area contributed by atoms with Gasteiger partial charge in [0, 0.05) is 18.8 Å².